The number of rotatable bonds is 3. The van der Waals surface area contributed by atoms with E-state index in [2.05, 4.69) is 10.6 Å². The quantitative estimate of drug-likeness (QED) is 0.881. The van der Waals surface area contributed by atoms with E-state index in [1.807, 2.05) is 0 Å². The predicted octanol–water partition coefficient (Wildman–Crippen LogP) is 1.67. The van der Waals surface area contributed by atoms with Gasteiger partial charge < -0.3 is 10.6 Å². The van der Waals surface area contributed by atoms with Crippen molar-refractivity contribution in [1.82, 2.24) is 0 Å². The van der Waals surface area contributed by atoms with Gasteiger partial charge in [-0.1, -0.05) is 11.6 Å². The minimum Gasteiger partial charge on any atom is -0.326 e. The molecule has 2 amide bonds. The second kappa shape index (κ2) is 6.03. The van der Waals surface area contributed by atoms with Crippen LogP contribution in [-0.2, 0) is 19.4 Å². The molecule has 0 aromatic heterocycles. The summed E-state index contributed by atoms with van der Waals surface area (Å²) in [6.45, 7) is 1.37. The van der Waals surface area contributed by atoms with E-state index in [0.717, 1.165) is 0 Å². The third-order valence-electron chi connectivity index (χ3n) is 3.15. The molecule has 1 aliphatic heterocycles. The van der Waals surface area contributed by atoms with Crippen LogP contribution in [0, 0.1) is 5.92 Å². The molecular formula is C13H15ClN2O4S. The lowest BCUT2D eigenvalue weighted by Gasteiger charge is -2.11. The van der Waals surface area contributed by atoms with Gasteiger partial charge in [-0.2, -0.15) is 0 Å². The predicted molar refractivity (Wildman–Crippen MR) is 81.1 cm³/mol. The van der Waals surface area contributed by atoms with Crippen molar-refractivity contribution in [3.63, 3.8) is 0 Å². The maximum Gasteiger partial charge on any atom is 0.228 e. The third-order valence-corrected chi connectivity index (χ3v) is 5.23. The highest BCUT2D eigenvalue weighted by Crippen LogP contribution is 2.26. The second-order valence-corrected chi connectivity index (χ2v) is 7.60. The van der Waals surface area contributed by atoms with E-state index in [1.165, 1.54) is 13.0 Å². The van der Waals surface area contributed by atoms with E-state index < -0.39 is 15.8 Å². The fraction of sp³-hybridized carbons (Fsp3) is 0.385. The maximum atomic E-state index is 12.0. The Morgan fingerprint density at radius 1 is 1.29 bits per heavy atom. The number of anilines is 2. The zero-order chi connectivity index (χ0) is 15.6. The molecule has 1 aromatic rings. The summed E-state index contributed by atoms with van der Waals surface area (Å²) in [5.41, 5.74) is 0.911. The molecule has 1 heterocycles. The van der Waals surface area contributed by atoms with Crippen LogP contribution in [0.4, 0.5) is 11.4 Å². The van der Waals surface area contributed by atoms with Crippen molar-refractivity contribution in [3.05, 3.63) is 23.2 Å². The molecular weight excluding hydrogens is 316 g/mol. The van der Waals surface area contributed by atoms with Gasteiger partial charge >= 0.3 is 0 Å². The van der Waals surface area contributed by atoms with E-state index in [9.17, 15) is 18.0 Å². The fourth-order valence-corrected chi connectivity index (χ4v) is 4.10. The topological polar surface area (TPSA) is 92.3 Å². The monoisotopic (exact) mass is 330 g/mol. The average Bonchev–Trinajstić information content (AvgIpc) is 2.73. The van der Waals surface area contributed by atoms with Crippen LogP contribution in [0.2, 0.25) is 5.02 Å². The van der Waals surface area contributed by atoms with Crippen molar-refractivity contribution in [2.75, 3.05) is 22.1 Å². The van der Waals surface area contributed by atoms with Crippen LogP contribution in [0.25, 0.3) is 0 Å². The molecule has 21 heavy (non-hydrogen) atoms. The zero-order valence-corrected chi connectivity index (χ0v) is 12.9. The summed E-state index contributed by atoms with van der Waals surface area (Å²) >= 11 is 6.00. The van der Waals surface area contributed by atoms with Crippen molar-refractivity contribution in [2.45, 2.75) is 13.3 Å². The fourth-order valence-electron chi connectivity index (χ4n) is 2.13. The Kier molecular flexibility index (Phi) is 4.53. The number of halogens is 1. The van der Waals surface area contributed by atoms with Crippen LogP contribution in [-0.4, -0.2) is 31.7 Å². The second-order valence-electron chi connectivity index (χ2n) is 4.97. The number of carbonyl (C=O) groups excluding carboxylic acids is 2. The zero-order valence-electron chi connectivity index (χ0n) is 11.3. The van der Waals surface area contributed by atoms with Crippen LogP contribution in [0.15, 0.2) is 18.2 Å². The van der Waals surface area contributed by atoms with E-state index in [1.54, 1.807) is 12.1 Å². The van der Waals surface area contributed by atoms with Gasteiger partial charge in [0.1, 0.15) is 0 Å². The molecule has 1 aromatic carbocycles. The smallest absolute Gasteiger partial charge is 0.228 e. The lowest BCUT2D eigenvalue weighted by atomic mass is 10.1. The van der Waals surface area contributed by atoms with Gasteiger partial charge in [-0.25, -0.2) is 8.42 Å². The first kappa shape index (κ1) is 15.8. The average molecular weight is 331 g/mol. The lowest BCUT2D eigenvalue weighted by molar-refractivity contribution is -0.119. The summed E-state index contributed by atoms with van der Waals surface area (Å²) in [7, 11) is -3.10. The number of hydrogen-bond donors (Lipinski definition) is 2. The number of sulfone groups is 1. The van der Waals surface area contributed by atoms with Gasteiger partial charge in [0.2, 0.25) is 11.8 Å². The Labute approximate surface area is 127 Å². The molecule has 8 heteroatoms. The van der Waals surface area contributed by atoms with E-state index in [0.29, 0.717) is 22.8 Å². The van der Waals surface area contributed by atoms with E-state index >= 15 is 0 Å². The highest BCUT2D eigenvalue weighted by atomic mass is 35.5. The van der Waals surface area contributed by atoms with Crippen LogP contribution in [0.1, 0.15) is 13.3 Å². The molecule has 0 spiro atoms. The first-order chi connectivity index (χ1) is 9.77. The number of benzene rings is 1. The van der Waals surface area contributed by atoms with Crippen LogP contribution in [0.5, 0.6) is 0 Å². The van der Waals surface area contributed by atoms with Crippen molar-refractivity contribution < 1.29 is 18.0 Å². The first-order valence-electron chi connectivity index (χ1n) is 6.35. The first-order valence-corrected chi connectivity index (χ1v) is 8.55. The van der Waals surface area contributed by atoms with Crippen LogP contribution in [0.3, 0.4) is 0 Å². The van der Waals surface area contributed by atoms with Crippen molar-refractivity contribution in [3.8, 4) is 0 Å². The molecule has 0 radical (unpaired) electrons. The Morgan fingerprint density at radius 3 is 2.52 bits per heavy atom. The van der Waals surface area contributed by atoms with Gasteiger partial charge in [-0.15, -0.1) is 0 Å². The number of hydrogen-bond acceptors (Lipinski definition) is 4. The van der Waals surface area contributed by atoms with Gasteiger partial charge in [0.15, 0.2) is 9.84 Å². The Bertz CT molecular complexity index is 687. The molecule has 2 N–H and O–H groups in total. The van der Waals surface area contributed by atoms with Crippen molar-refractivity contribution in [2.24, 2.45) is 5.92 Å². The van der Waals surface area contributed by atoms with Gasteiger partial charge in [-0.05, 0) is 24.6 Å². The standard InChI is InChI=1S/C13H15ClN2O4S/c1-8(17)15-12-3-2-10(6-11(12)14)16-13(18)9-4-5-21(19,20)7-9/h2-3,6,9H,4-5,7H2,1H3,(H,15,17)(H,16,18)/t9-/m1/s1. The van der Waals surface area contributed by atoms with Crippen LogP contribution < -0.4 is 10.6 Å². The molecule has 1 atom stereocenters. The number of carbonyl (C=O) groups is 2. The summed E-state index contributed by atoms with van der Waals surface area (Å²) in [6.07, 6.45) is 0.339. The van der Waals surface area contributed by atoms with Gasteiger partial charge in [0.05, 0.1) is 28.1 Å². The summed E-state index contributed by atoms with van der Waals surface area (Å²) in [4.78, 5) is 23.0. The van der Waals surface area contributed by atoms with Crippen LogP contribution >= 0.6 is 11.6 Å². The Hall–Kier alpha value is -1.60. The highest BCUT2D eigenvalue weighted by Gasteiger charge is 2.32. The summed E-state index contributed by atoms with van der Waals surface area (Å²) in [5, 5.41) is 5.49. The molecule has 2 rings (SSSR count). The molecule has 0 bridgehead atoms. The number of nitrogens with one attached hydrogen (secondary N) is 2. The summed E-state index contributed by atoms with van der Waals surface area (Å²) in [6, 6.07) is 4.68. The summed E-state index contributed by atoms with van der Waals surface area (Å²) in [5.74, 6) is -1.17. The molecule has 6 nitrogen and oxygen atoms in total. The number of amides is 2. The van der Waals surface area contributed by atoms with Crippen molar-refractivity contribution >= 4 is 44.6 Å². The largest absolute Gasteiger partial charge is 0.326 e. The Morgan fingerprint density at radius 2 is 2.00 bits per heavy atom. The van der Waals surface area contributed by atoms with Crippen molar-refractivity contribution in [1.29, 1.82) is 0 Å². The van der Waals surface area contributed by atoms with E-state index in [4.69, 9.17) is 11.6 Å². The maximum absolute atomic E-state index is 12.0. The Balaban J connectivity index is 2.05. The van der Waals surface area contributed by atoms with Gasteiger partial charge in [0.25, 0.3) is 0 Å². The van der Waals surface area contributed by atoms with Gasteiger partial charge in [-0.3, -0.25) is 9.59 Å². The van der Waals surface area contributed by atoms with E-state index in [-0.39, 0.29) is 23.3 Å². The minimum absolute atomic E-state index is 0.0489. The van der Waals surface area contributed by atoms with Gasteiger partial charge in [0, 0.05) is 12.6 Å². The summed E-state index contributed by atoms with van der Waals surface area (Å²) < 4.78 is 22.7. The minimum atomic E-state index is -3.10. The molecule has 1 fully saturated rings. The third kappa shape index (κ3) is 4.18. The molecule has 1 aliphatic rings. The highest BCUT2D eigenvalue weighted by molar-refractivity contribution is 7.91. The molecule has 0 saturated carbocycles. The molecule has 1 saturated heterocycles. The molecule has 0 aliphatic carbocycles. The normalized spacial score (nSPS) is 20.0. The molecule has 0 unspecified atom stereocenters. The lowest BCUT2D eigenvalue weighted by Crippen LogP contribution is -2.23. The SMILES string of the molecule is CC(=O)Nc1ccc(NC(=O)[C@@H]2CCS(=O)(=O)C2)cc1Cl. The molecule has 114 valence electrons.